The number of ether oxygens (including phenoxy) is 1. The van der Waals surface area contributed by atoms with E-state index in [-0.39, 0.29) is 17.8 Å². The molecule has 0 aliphatic rings. The highest BCUT2D eigenvalue weighted by Crippen LogP contribution is 2.15. The smallest absolute Gasteiger partial charge is 0.328 e. The summed E-state index contributed by atoms with van der Waals surface area (Å²) in [7, 11) is 0. The monoisotopic (exact) mass is 345 g/mol. The lowest BCUT2D eigenvalue weighted by Gasteiger charge is -2.18. The highest BCUT2D eigenvalue weighted by atomic mass is 16.5. The summed E-state index contributed by atoms with van der Waals surface area (Å²) in [6, 6.07) is 7.49. The van der Waals surface area contributed by atoms with Crippen molar-refractivity contribution in [3.63, 3.8) is 0 Å². The van der Waals surface area contributed by atoms with E-state index >= 15 is 0 Å². The molecule has 1 aromatic carbocycles. The minimum atomic E-state index is -0.605. The average Bonchev–Trinajstić information content (AvgIpc) is 2.57. The second kappa shape index (κ2) is 10.7. The summed E-state index contributed by atoms with van der Waals surface area (Å²) in [5, 5.41) is 2.76. The molecule has 4 heteroatoms. The molecule has 25 heavy (non-hydrogen) atoms. The van der Waals surface area contributed by atoms with Crippen LogP contribution in [0.3, 0.4) is 0 Å². The number of nitrogens with one attached hydrogen (secondary N) is 1. The fourth-order valence-electron chi connectivity index (χ4n) is 2.37. The predicted molar refractivity (Wildman–Crippen MR) is 102 cm³/mol. The molecule has 0 aliphatic heterocycles. The lowest BCUT2D eigenvalue weighted by molar-refractivity contribution is -0.148. The van der Waals surface area contributed by atoms with Crippen LogP contribution in [0.1, 0.15) is 64.5 Å². The predicted octanol–water partition coefficient (Wildman–Crippen LogP) is 4.31. The third kappa shape index (κ3) is 8.01. The Labute approximate surface area is 151 Å². The molecular formula is C21H31NO3. The van der Waals surface area contributed by atoms with Crippen molar-refractivity contribution < 1.29 is 14.3 Å². The van der Waals surface area contributed by atoms with Gasteiger partial charge < -0.3 is 10.1 Å². The topological polar surface area (TPSA) is 55.4 Å². The van der Waals surface area contributed by atoms with Crippen molar-refractivity contribution in [1.29, 1.82) is 0 Å². The molecular weight excluding hydrogens is 314 g/mol. The van der Waals surface area contributed by atoms with Crippen LogP contribution in [0.2, 0.25) is 0 Å². The Morgan fingerprint density at radius 2 is 1.76 bits per heavy atom. The Balaban J connectivity index is 2.67. The Bertz CT molecular complexity index is 573. The standard InChI is InChI=1S/C21H31NO3/c1-6-13-25-21(24)19(14-15(2)3)22-20(23)12-9-17-7-10-18(11-8-17)16(4)5/h7-12,15-16,19H,6,13-14H2,1-5H3,(H,22,23)/b12-9+/t19-/m1/s1. The van der Waals surface area contributed by atoms with Crippen molar-refractivity contribution in [2.75, 3.05) is 6.61 Å². The van der Waals surface area contributed by atoms with Crippen LogP contribution in [0.5, 0.6) is 0 Å². The average molecular weight is 345 g/mol. The summed E-state index contributed by atoms with van der Waals surface area (Å²) in [5.74, 6) is 0.116. The fourth-order valence-corrected chi connectivity index (χ4v) is 2.37. The molecule has 0 bridgehead atoms. The number of carbonyl (C=O) groups is 2. The van der Waals surface area contributed by atoms with E-state index in [0.717, 1.165) is 12.0 Å². The number of esters is 1. The zero-order valence-electron chi connectivity index (χ0n) is 16.0. The van der Waals surface area contributed by atoms with Gasteiger partial charge in [-0.15, -0.1) is 0 Å². The summed E-state index contributed by atoms with van der Waals surface area (Å²) in [6.07, 6.45) is 4.54. The molecule has 0 aromatic heterocycles. The van der Waals surface area contributed by atoms with Crippen molar-refractivity contribution in [2.24, 2.45) is 5.92 Å². The molecule has 138 valence electrons. The zero-order valence-corrected chi connectivity index (χ0v) is 16.0. The van der Waals surface area contributed by atoms with E-state index in [1.54, 1.807) is 6.08 Å². The first-order chi connectivity index (χ1) is 11.8. The number of amides is 1. The number of hydrogen-bond acceptors (Lipinski definition) is 3. The minimum Gasteiger partial charge on any atom is -0.464 e. The van der Waals surface area contributed by atoms with Crippen LogP contribution >= 0.6 is 0 Å². The molecule has 1 atom stereocenters. The van der Waals surface area contributed by atoms with Crippen molar-refractivity contribution in [1.82, 2.24) is 5.32 Å². The van der Waals surface area contributed by atoms with E-state index in [4.69, 9.17) is 4.74 Å². The van der Waals surface area contributed by atoms with Crippen LogP contribution < -0.4 is 5.32 Å². The van der Waals surface area contributed by atoms with Crippen LogP contribution in [-0.4, -0.2) is 24.5 Å². The second-order valence-corrected chi connectivity index (χ2v) is 7.01. The third-order valence-electron chi connectivity index (χ3n) is 3.79. The van der Waals surface area contributed by atoms with E-state index in [1.807, 2.05) is 32.9 Å². The van der Waals surface area contributed by atoms with Crippen LogP contribution in [0.4, 0.5) is 0 Å². The van der Waals surface area contributed by atoms with Gasteiger partial charge in [0.1, 0.15) is 6.04 Å². The molecule has 1 rings (SSSR count). The van der Waals surface area contributed by atoms with Gasteiger partial charge in [-0.1, -0.05) is 58.9 Å². The number of rotatable bonds is 9. The second-order valence-electron chi connectivity index (χ2n) is 7.01. The zero-order chi connectivity index (χ0) is 18.8. The Morgan fingerprint density at radius 1 is 1.12 bits per heavy atom. The molecule has 1 amide bonds. The van der Waals surface area contributed by atoms with Gasteiger partial charge in [-0.3, -0.25) is 4.79 Å². The van der Waals surface area contributed by atoms with Crippen LogP contribution in [0, 0.1) is 5.92 Å². The first-order valence-corrected chi connectivity index (χ1v) is 9.08. The summed E-state index contributed by atoms with van der Waals surface area (Å²) in [5.41, 5.74) is 2.21. The highest BCUT2D eigenvalue weighted by Gasteiger charge is 2.22. The quantitative estimate of drug-likeness (QED) is 0.536. The highest BCUT2D eigenvalue weighted by molar-refractivity contribution is 5.94. The van der Waals surface area contributed by atoms with Gasteiger partial charge in [0.05, 0.1) is 6.61 Å². The van der Waals surface area contributed by atoms with Gasteiger partial charge in [-0.05, 0) is 41.9 Å². The lowest BCUT2D eigenvalue weighted by atomic mass is 10.0. The summed E-state index contributed by atoms with van der Waals surface area (Å²) in [4.78, 5) is 24.2. The molecule has 0 spiro atoms. The Kier molecular flexibility index (Phi) is 8.96. The van der Waals surface area contributed by atoms with Crippen LogP contribution in [0.25, 0.3) is 6.08 Å². The lowest BCUT2D eigenvalue weighted by Crippen LogP contribution is -2.42. The summed E-state index contributed by atoms with van der Waals surface area (Å²) in [6.45, 7) is 10.6. The number of carbonyl (C=O) groups excluding carboxylic acids is 2. The third-order valence-corrected chi connectivity index (χ3v) is 3.79. The van der Waals surface area contributed by atoms with E-state index in [0.29, 0.717) is 18.9 Å². The molecule has 0 radical (unpaired) electrons. The van der Waals surface area contributed by atoms with Crippen LogP contribution in [0.15, 0.2) is 30.3 Å². The molecule has 0 aliphatic carbocycles. The van der Waals surface area contributed by atoms with Gasteiger partial charge in [0.15, 0.2) is 0 Å². The van der Waals surface area contributed by atoms with Gasteiger partial charge in [-0.2, -0.15) is 0 Å². The fraction of sp³-hybridized carbons (Fsp3) is 0.524. The molecule has 1 N–H and O–H groups in total. The van der Waals surface area contributed by atoms with E-state index in [2.05, 4.69) is 31.3 Å². The van der Waals surface area contributed by atoms with E-state index < -0.39 is 6.04 Å². The number of benzene rings is 1. The molecule has 4 nitrogen and oxygen atoms in total. The Morgan fingerprint density at radius 3 is 2.28 bits per heavy atom. The van der Waals surface area contributed by atoms with Crippen molar-refractivity contribution in [3.05, 3.63) is 41.5 Å². The van der Waals surface area contributed by atoms with Gasteiger partial charge >= 0.3 is 5.97 Å². The first-order valence-electron chi connectivity index (χ1n) is 9.08. The molecule has 0 saturated carbocycles. The van der Waals surface area contributed by atoms with E-state index in [9.17, 15) is 9.59 Å². The van der Waals surface area contributed by atoms with Crippen molar-refractivity contribution >= 4 is 18.0 Å². The largest absolute Gasteiger partial charge is 0.464 e. The van der Waals surface area contributed by atoms with Crippen molar-refractivity contribution in [3.8, 4) is 0 Å². The maximum Gasteiger partial charge on any atom is 0.328 e. The first kappa shape index (κ1) is 20.9. The Hall–Kier alpha value is -2.10. The maximum atomic E-state index is 12.2. The normalized spacial score (nSPS) is 12.6. The van der Waals surface area contributed by atoms with E-state index in [1.165, 1.54) is 11.6 Å². The number of hydrogen-bond donors (Lipinski definition) is 1. The van der Waals surface area contributed by atoms with Crippen molar-refractivity contribution in [2.45, 2.75) is 59.4 Å². The minimum absolute atomic E-state index is 0.284. The molecule has 0 unspecified atom stereocenters. The maximum absolute atomic E-state index is 12.2. The van der Waals surface area contributed by atoms with Crippen LogP contribution in [-0.2, 0) is 14.3 Å². The molecule has 0 saturated heterocycles. The molecule has 0 heterocycles. The van der Waals surface area contributed by atoms with Gasteiger partial charge in [-0.25, -0.2) is 4.79 Å². The van der Waals surface area contributed by atoms with Gasteiger partial charge in [0.2, 0.25) is 5.91 Å². The molecule has 0 fully saturated rings. The van der Waals surface area contributed by atoms with Gasteiger partial charge in [0.25, 0.3) is 0 Å². The van der Waals surface area contributed by atoms with Gasteiger partial charge in [0, 0.05) is 6.08 Å². The molecule has 1 aromatic rings. The summed E-state index contributed by atoms with van der Waals surface area (Å²) < 4.78 is 5.18. The summed E-state index contributed by atoms with van der Waals surface area (Å²) >= 11 is 0. The SMILES string of the molecule is CCCOC(=O)[C@@H](CC(C)C)NC(=O)/C=C/c1ccc(C(C)C)cc1.